The second-order valence-corrected chi connectivity index (χ2v) is 6.70. The first-order valence-corrected chi connectivity index (χ1v) is 8.34. The van der Waals surface area contributed by atoms with Crippen molar-refractivity contribution in [2.75, 3.05) is 11.9 Å². The molecule has 114 valence electrons. The highest BCUT2D eigenvalue weighted by molar-refractivity contribution is 9.10. The van der Waals surface area contributed by atoms with E-state index in [-0.39, 0.29) is 12.1 Å². The standard InChI is InChI=1S/C17H16BrClN2O/c1-11-14-5-3-2-4-12(14)8-9-21(11)17(22)20-16-10-13(18)6-7-15(16)19/h2-7,10-11H,8-9H2,1H3,(H,20,22)/t11-/m0/s1. The number of hydrogen-bond acceptors (Lipinski definition) is 1. The molecule has 1 atom stereocenters. The Balaban J connectivity index is 1.80. The van der Waals surface area contributed by atoms with Crippen molar-refractivity contribution in [1.29, 1.82) is 0 Å². The number of rotatable bonds is 1. The molecule has 0 aromatic heterocycles. The maximum absolute atomic E-state index is 12.6. The second kappa shape index (κ2) is 6.31. The van der Waals surface area contributed by atoms with E-state index < -0.39 is 0 Å². The highest BCUT2D eigenvalue weighted by Crippen LogP contribution is 2.31. The minimum absolute atomic E-state index is 0.0517. The van der Waals surface area contributed by atoms with Crippen LogP contribution in [0, 0.1) is 0 Å². The molecule has 0 bridgehead atoms. The summed E-state index contributed by atoms with van der Waals surface area (Å²) in [7, 11) is 0. The van der Waals surface area contributed by atoms with Gasteiger partial charge in [-0.2, -0.15) is 0 Å². The van der Waals surface area contributed by atoms with Gasteiger partial charge >= 0.3 is 6.03 Å². The number of urea groups is 1. The number of benzene rings is 2. The summed E-state index contributed by atoms with van der Waals surface area (Å²) >= 11 is 9.53. The molecule has 0 fully saturated rings. The lowest BCUT2D eigenvalue weighted by Crippen LogP contribution is -2.41. The molecule has 0 saturated heterocycles. The van der Waals surface area contributed by atoms with E-state index in [0.29, 0.717) is 17.3 Å². The van der Waals surface area contributed by atoms with Gasteiger partial charge in [0, 0.05) is 11.0 Å². The van der Waals surface area contributed by atoms with Crippen LogP contribution in [0.3, 0.4) is 0 Å². The molecule has 1 aliphatic rings. The Hall–Kier alpha value is -1.52. The third kappa shape index (κ3) is 2.99. The molecule has 2 aromatic carbocycles. The van der Waals surface area contributed by atoms with E-state index >= 15 is 0 Å². The van der Waals surface area contributed by atoms with Crippen LogP contribution in [0.4, 0.5) is 10.5 Å². The van der Waals surface area contributed by atoms with Gasteiger partial charge in [-0.1, -0.05) is 51.8 Å². The summed E-state index contributed by atoms with van der Waals surface area (Å²) in [6.07, 6.45) is 0.875. The fourth-order valence-corrected chi connectivity index (χ4v) is 3.36. The molecule has 0 radical (unpaired) electrons. The number of fused-ring (bicyclic) bond motifs is 1. The summed E-state index contributed by atoms with van der Waals surface area (Å²) in [6, 6.07) is 13.6. The van der Waals surface area contributed by atoms with Crippen LogP contribution in [0.25, 0.3) is 0 Å². The monoisotopic (exact) mass is 378 g/mol. The Bertz CT molecular complexity index is 720. The van der Waals surface area contributed by atoms with Gasteiger partial charge in [0.25, 0.3) is 0 Å². The Kier molecular flexibility index (Phi) is 4.41. The third-order valence-electron chi connectivity index (χ3n) is 4.03. The quantitative estimate of drug-likeness (QED) is 0.720. The molecule has 0 aliphatic carbocycles. The summed E-state index contributed by atoms with van der Waals surface area (Å²) in [5.74, 6) is 0. The molecule has 2 aromatic rings. The van der Waals surface area contributed by atoms with Crippen molar-refractivity contribution in [2.24, 2.45) is 0 Å². The number of hydrogen-bond donors (Lipinski definition) is 1. The van der Waals surface area contributed by atoms with Crippen LogP contribution in [0.1, 0.15) is 24.1 Å². The number of nitrogens with one attached hydrogen (secondary N) is 1. The van der Waals surface area contributed by atoms with Gasteiger partial charge in [0.2, 0.25) is 0 Å². The van der Waals surface area contributed by atoms with Crippen molar-refractivity contribution in [1.82, 2.24) is 4.90 Å². The normalized spacial score (nSPS) is 17.0. The van der Waals surface area contributed by atoms with Crippen molar-refractivity contribution in [3.63, 3.8) is 0 Å². The minimum atomic E-state index is -0.123. The van der Waals surface area contributed by atoms with Gasteiger partial charge in [0.15, 0.2) is 0 Å². The Morgan fingerprint density at radius 3 is 2.91 bits per heavy atom. The molecule has 22 heavy (non-hydrogen) atoms. The molecule has 2 amide bonds. The largest absolute Gasteiger partial charge is 0.322 e. The van der Waals surface area contributed by atoms with E-state index in [1.165, 1.54) is 11.1 Å². The number of halogens is 2. The van der Waals surface area contributed by atoms with Gasteiger partial charge in [-0.3, -0.25) is 0 Å². The van der Waals surface area contributed by atoms with Crippen LogP contribution in [0.2, 0.25) is 5.02 Å². The van der Waals surface area contributed by atoms with Crippen molar-refractivity contribution < 1.29 is 4.79 Å². The summed E-state index contributed by atoms with van der Waals surface area (Å²) in [5.41, 5.74) is 3.15. The van der Waals surface area contributed by atoms with E-state index in [1.54, 1.807) is 6.07 Å². The molecule has 1 heterocycles. The van der Waals surface area contributed by atoms with Gasteiger partial charge in [0.1, 0.15) is 0 Å². The summed E-state index contributed by atoms with van der Waals surface area (Å²) in [6.45, 7) is 2.76. The zero-order valence-electron chi connectivity index (χ0n) is 12.1. The number of amides is 2. The topological polar surface area (TPSA) is 32.3 Å². The lowest BCUT2D eigenvalue weighted by molar-refractivity contribution is 0.188. The predicted octanol–water partition coefficient (Wildman–Crippen LogP) is 5.25. The maximum Gasteiger partial charge on any atom is 0.322 e. The van der Waals surface area contributed by atoms with Crippen LogP contribution in [-0.2, 0) is 6.42 Å². The summed E-state index contributed by atoms with van der Waals surface area (Å²) in [5, 5.41) is 3.44. The number of nitrogens with zero attached hydrogens (tertiary/aromatic N) is 1. The average molecular weight is 380 g/mol. The van der Waals surface area contributed by atoms with E-state index in [4.69, 9.17) is 11.6 Å². The lowest BCUT2D eigenvalue weighted by atomic mass is 9.94. The smallest absolute Gasteiger partial charge is 0.317 e. The van der Waals surface area contributed by atoms with Gasteiger partial charge < -0.3 is 10.2 Å². The molecular weight excluding hydrogens is 364 g/mol. The second-order valence-electron chi connectivity index (χ2n) is 5.37. The number of carbonyl (C=O) groups is 1. The molecule has 5 heteroatoms. The van der Waals surface area contributed by atoms with Crippen molar-refractivity contribution in [2.45, 2.75) is 19.4 Å². The van der Waals surface area contributed by atoms with Gasteiger partial charge in [-0.05, 0) is 42.7 Å². The highest BCUT2D eigenvalue weighted by Gasteiger charge is 2.27. The number of anilines is 1. The molecular formula is C17H16BrClN2O. The maximum atomic E-state index is 12.6. The molecule has 3 nitrogen and oxygen atoms in total. The van der Waals surface area contributed by atoms with Crippen molar-refractivity contribution in [3.8, 4) is 0 Å². The Morgan fingerprint density at radius 2 is 2.09 bits per heavy atom. The molecule has 0 unspecified atom stereocenters. The first kappa shape index (κ1) is 15.4. The van der Waals surface area contributed by atoms with Crippen LogP contribution in [0.5, 0.6) is 0 Å². The van der Waals surface area contributed by atoms with Crippen LogP contribution in [0.15, 0.2) is 46.9 Å². The minimum Gasteiger partial charge on any atom is -0.317 e. The van der Waals surface area contributed by atoms with Gasteiger partial charge in [-0.15, -0.1) is 0 Å². The van der Waals surface area contributed by atoms with Gasteiger partial charge in [0.05, 0.1) is 16.8 Å². The van der Waals surface area contributed by atoms with Gasteiger partial charge in [-0.25, -0.2) is 4.79 Å². The average Bonchev–Trinajstić information content (AvgIpc) is 2.51. The van der Waals surface area contributed by atoms with Crippen LogP contribution < -0.4 is 5.32 Å². The zero-order valence-corrected chi connectivity index (χ0v) is 14.5. The predicted molar refractivity (Wildman–Crippen MR) is 93.4 cm³/mol. The lowest BCUT2D eigenvalue weighted by Gasteiger charge is -2.35. The molecule has 0 saturated carbocycles. The fraction of sp³-hybridized carbons (Fsp3) is 0.235. The third-order valence-corrected chi connectivity index (χ3v) is 4.85. The van der Waals surface area contributed by atoms with Crippen LogP contribution >= 0.6 is 27.5 Å². The molecule has 1 aliphatic heterocycles. The highest BCUT2D eigenvalue weighted by atomic mass is 79.9. The van der Waals surface area contributed by atoms with Crippen molar-refractivity contribution in [3.05, 3.63) is 63.1 Å². The Morgan fingerprint density at radius 1 is 1.32 bits per heavy atom. The SMILES string of the molecule is C[C@H]1c2ccccc2CCN1C(=O)Nc1cc(Br)ccc1Cl. The van der Waals surface area contributed by atoms with Crippen LogP contribution in [-0.4, -0.2) is 17.5 Å². The molecule has 3 rings (SSSR count). The van der Waals surface area contributed by atoms with E-state index in [1.807, 2.05) is 29.2 Å². The zero-order chi connectivity index (χ0) is 15.7. The van der Waals surface area contributed by atoms with E-state index in [2.05, 4.69) is 40.3 Å². The molecule has 1 N–H and O–H groups in total. The van der Waals surface area contributed by atoms with E-state index in [9.17, 15) is 4.79 Å². The van der Waals surface area contributed by atoms with E-state index in [0.717, 1.165) is 10.9 Å². The number of carbonyl (C=O) groups excluding carboxylic acids is 1. The molecule has 0 spiro atoms. The Labute approximate surface area is 143 Å². The summed E-state index contributed by atoms with van der Waals surface area (Å²) in [4.78, 5) is 14.4. The first-order valence-electron chi connectivity index (χ1n) is 7.17. The van der Waals surface area contributed by atoms with Crippen molar-refractivity contribution >= 4 is 39.2 Å². The fourth-order valence-electron chi connectivity index (χ4n) is 2.83. The first-order chi connectivity index (χ1) is 10.6. The summed E-state index contributed by atoms with van der Waals surface area (Å²) < 4.78 is 0.879.